The van der Waals surface area contributed by atoms with Gasteiger partial charge in [-0.2, -0.15) is 0 Å². The van der Waals surface area contributed by atoms with Crippen LogP contribution in [0.4, 0.5) is 0 Å². The van der Waals surface area contributed by atoms with Crippen molar-refractivity contribution in [2.24, 2.45) is 0 Å². The third-order valence-corrected chi connectivity index (χ3v) is 4.68. The summed E-state index contributed by atoms with van der Waals surface area (Å²) in [6.45, 7) is 2.26. The van der Waals surface area contributed by atoms with Gasteiger partial charge in [0.05, 0.1) is 0 Å². The van der Waals surface area contributed by atoms with Crippen LogP contribution in [0.5, 0.6) is 0 Å². The Morgan fingerprint density at radius 2 is 1.12 bits per heavy atom. The fourth-order valence-electron chi connectivity index (χ4n) is 3.03. The quantitative estimate of drug-likeness (QED) is 0.206. The minimum atomic E-state index is 1.11. The van der Waals surface area contributed by atoms with Crippen LogP contribution in [-0.4, -0.2) is 0 Å². The molecule has 0 unspecified atom stereocenters. The zero-order chi connectivity index (χ0) is 18.5. The van der Waals surface area contributed by atoms with Crippen LogP contribution >= 0.6 is 0 Å². The molecule has 0 aromatic heterocycles. The Morgan fingerprint density at radius 3 is 1.73 bits per heavy atom. The minimum absolute atomic E-state index is 1.11. The summed E-state index contributed by atoms with van der Waals surface area (Å²) in [6, 6.07) is 10.6. The Morgan fingerprint density at radius 1 is 0.577 bits per heavy atom. The van der Waals surface area contributed by atoms with Crippen LogP contribution in [0.2, 0.25) is 0 Å². The number of rotatable bonds is 16. The Hall–Kier alpha value is -1.56. The predicted molar refractivity (Wildman–Crippen MR) is 119 cm³/mol. The molecule has 0 aliphatic rings. The van der Waals surface area contributed by atoms with Crippen molar-refractivity contribution in [3.8, 4) is 0 Å². The Balaban J connectivity index is 1.82. The van der Waals surface area contributed by atoms with E-state index in [-0.39, 0.29) is 0 Å². The van der Waals surface area contributed by atoms with Crippen LogP contribution < -0.4 is 0 Å². The number of benzene rings is 1. The Bertz CT molecular complexity index is 478. The first kappa shape index (κ1) is 22.5. The molecule has 1 aromatic carbocycles. The number of hydrogen-bond donors (Lipinski definition) is 0. The lowest BCUT2D eigenvalue weighted by atomic mass is 10.1. The van der Waals surface area contributed by atoms with Crippen LogP contribution in [0.15, 0.2) is 60.7 Å². The van der Waals surface area contributed by atoms with Gasteiger partial charge in [-0.15, -0.1) is 0 Å². The largest absolute Gasteiger partial charge is 0.0882 e. The smallest absolute Gasteiger partial charge is 0.0169 e. The monoisotopic (exact) mass is 352 g/mol. The summed E-state index contributed by atoms with van der Waals surface area (Å²) in [7, 11) is 0. The van der Waals surface area contributed by atoms with E-state index in [1.165, 1.54) is 82.6 Å². The second-order valence-corrected chi connectivity index (χ2v) is 7.19. The average molecular weight is 353 g/mol. The van der Waals surface area contributed by atoms with Crippen LogP contribution in [0.1, 0.15) is 96.0 Å². The maximum Gasteiger partial charge on any atom is -0.0169 e. The molecule has 26 heavy (non-hydrogen) atoms. The van der Waals surface area contributed by atoms with Gasteiger partial charge >= 0.3 is 0 Å². The highest BCUT2D eigenvalue weighted by Gasteiger charge is 1.90. The summed E-state index contributed by atoms with van der Waals surface area (Å²) in [6.07, 6.45) is 31.0. The second-order valence-electron chi connectivity index (χ2n) is 7.19. The number of unbranched alkanes of at least 4 members (excludes halogenated alkanes) is 10. The summed E-state index contributed by atoms with van der Waals surface area (Å²) >= 11 is 0. The SMILES string of the molecule is CCCCC/C=C\C/C=C\CCCCCCCCC=Cc1ccccc1. The van der Waals surface area contributed by atoms with Gasteiger partial charge in [-0.3, -0.25) is 0 Å². The van der Waals surface area contributed by atoms with Gasteiger partial charge in [-0.05, 0) is 50.5 Å². The maximum atomic E-state index is 2.37. The first-order valence-corrected chi connectivity index (χ1v) is 10.9. The van der Waals surface area contributed by atoms with E-state index in [0.717, 1.165) is 6.42 Å². The lowest BCUT2D eigenvalue weighted by Crippen LogP contribution is -1.79. The molecule has 0 aliphatic carbocycles. The van der Waals surface area contributed by atoms with Gasteiger partial charge in [0.15, 0.2) is 0 Å². The van der Waals surface area contributed by atoms with Crippen molar-refractivity contribution < 1.29 is 0 Å². The van der Waals surface area contributed by atoms with E-state index >= 15 is 0 Å². The molecule has 0 saturated heterocycles. The predicted octanol–water partition coefficient (Wildman–Crippen LogP) is 8.90. The molecule has 0 nitrogen and oxygen atoms in total. The summed E-state index contributed by atoms with van der Waals surface area (Å²) in [5, 5.41) is 0. The van der Waals surface area contributed by atoms with E-state index < -0.39 is 0 Å². The molecular formula is C26H40. The third-order valence-electron chi connectivity index (χ3n) is 4.68. The maximum absolute atomic E-state index is 2.37. The van der Waals surface area contributed by atoms with E-state index in [4.69, 9.17) is 0 Å². The van der Waals surface area contributed by atoms with Crippen LogP contribution in [0.3, 0.4) is 0 Å². The van der Waals surface area contributed by atoms with Crippen molar-refractivity contribution in [2.45, 2.75) is 90.4 Å². The molecule has 144 valence electrons. The van der Waals surface area contributed by atoms with Crippen molar-refractivity contribution in [1.82, 2.24) is 0 Å². The second kappa shape index (κ2) is 18.2. The normalized spacial score (nSPS) is 12.0. The zero-order valence-corrected chi connectivity index (χ0v) is 17.0. The highest BCUT2D eigenvalue weighted by atomic mass is 14.0. The third kappa shape index (κ3) is 14.8. The Labute approximate surface area is 163 Å². The van der Waals surface area contributed by atoms with Crippen LogP contribution in [0.25, 0.3) is 6.08 Å². The van der Waals surface area contributed by atoms with E-state index in [1.54, 1.807) is 0 Å². The fourth-order valence-corrected chi connectivity index (χ4v) is 3.03. The number of hydrogen-bond acceptors (Lipinski definition) is 0. The van der Waals surface area contributed by atoms with E-state index in [9.17, 15) is 0 Å². The van der Waals surface area contributed by atoms with Crippen LogP contribution in [0, 0.1) is 0 Å². The van der Waals surface area contributed by atoms with Crippen LogP contribution in [-0.2, 0) is 0 Å². The molecule has 0 radical (unpaired) electrons. The topological polar surface area (TPSA) is 0 Å². The van der Waals surface area contributed by atoms with Gasteiger partial charge in [0, 0.05) is 0 Å². The van der Waals surface area contributed by atoms with E-state index in [2.05, 4.69) is 73.7 Å². The molecule has 0 bridgehead atoms. The molecule has 0 heterocycles. The summed E-state index contributed by atoms with van der Waals surface area (Å²) in [5.41, 5.74) is 1.31. The standard InChI is InChI=1S/C26H40/c1-2-3-4-5-6-7-8-9-10-11-12-13-14-15-16-17-18-20-23-26-24-21-19-22-25-26/h6-7,9-10,19-25H,2-5,8,11-18H2,1H3/b7-6-,10-9-,23-20?. The lowest BCUT2D eigenvalue weighted by Gasteiger charge is -1.99. The molecule has 0 atom stereocenters. The fraction of sp³-hybridized carbons (Fsp3) is 0.538. The molecule has 0 heteroatoms. The molecular weight excluding hydrogens is 312 g/mol. The molecule has 1 aromatic rings. The molecule has 1 rings (SSSR count). The van der Waals surface area contributed by atoms with Gasteiger partial charge in [0.2, 0.25) is 0 Å². The van der Waals surface area contributed by atoms with Gasteiger partial charge in [-0.25, -0.2) is 0 Å². The first-order chi connectivity index (χ1) is 12.9. The average Bonchev–Trinajstić information content (AvgIpc) is 2.68. The van der Waals surface area contributed by atoms with Crippen molar-refractivity contribution in [2.75, 3.05) is 0 Å². The highest BCUT2D eigenvalue weighted by Crippen LogP contribution is 2.10. The zero-order valence-electron chi connectivity index (χ0n) is 17.0. The van der Waals surface area contributed by atoms with E-state index in [1.807, 2.05) is 0 Å². The summed E-state index contributed by atoms with van der Waals surface area (Å²) < 4.78 is 0. The van der Waals surface area contributed by atoms with Gasteiger partial charge < -0.3 is 0 Å². The number of allylic oxidation sites excluding steroid dienone is 5. The highest BCUT2D eigenvalue weighted by molar-refractivity contribution is 5.48. The van der Waals surface area contributed by atoms with Crippen molar-refractivity contribution >= 4 is 6.08 Å². The molecule has 0 fully saturated rings. The molecule has 0 saturated carbocycles. The molecule has 0 aliphatic heterocycles. The van der Waals surface area contributed by atoms with Gasteiger partial charge in [0.1, 0.15) is 0 Å². The van der Waals surface area contributed by atoms with Gasteiger partial charge in [0.25, 0.3) is 0 Å². The molecule has 0 N–H and O–H groups in total. The van der Waals surface area contributed by atoms with Crippen molar-refractivity contribution in [3.63, 3.8) is 0 Å². The molecule has 0 amide bonds. The van der Waals surface area contributed by atoms with Gasteiger partial charge in [-0.1, -0.05) is 112 Å². The lowest BCUT2D eigenvalue weighted by molar-refractivity contribution is 0.600. The van der Waals surface area contributed by atoms with E-state index in [0.29, 0.717) is 0 Å². The minimum Gasteiger partial charge on any atom is -0.0882 e. The summed E-state index contributed by atoms with van der Waals surface area (Å²) in [5.74, 6) is 0. The molecule has 0 spiro atoms. The Kier molecular flexibility index (Phi) is 15.8. The summed E-state index contributed by atoms with van der Waals surface area (Å²) in [4.78, 5) is 0. The van der Waals surface area contributed by atoms with Crippen molar-refractivity contribution in [3.05, 3.63) is 66.3 Å². The van der Waals surface area contributed by atoms with Crippen molar-refractivity contribution in [1.29, 1.82) is 0 Å². The first-order valence-electron chi connectivity index (χ1n) is 10.9.